The highest BCUT2D eigenvalue weighted by atomic mass is 19.4. The highest BCUT2D eigenvalue weighted by Gasteiger charge is 2.73. The standard InChI is InChI=1S/C12H12F12/c1-3-4(2)6(10(16,17)18)8(12(22,23)24)7(11(19,20)21)5(3)9(13,14)15/h3-8H,1-2H3/t3-,4+,5?,6?,7?,8?. The first-order chi connectivity index (χ1) is 10.3. The van der Waals surface area contributed by atoms with Gasteiger partial charge in [0.1, 0.15) is 0 Å². The molecular formula is C12H12F12. The number of hydrogen-bond acceptors (Lipinski definition) is 0. The molecule has 0 amide bonds. The third-order valence-electron chi connectivity index (χ3n) is 4.63. The van der Waals surface area contributed by atoms with Gasteiger partial charge in [0.25, 0.3) is 0 Å². The average Bonchev–Trinajstić information content (AvgIpc) is 2.25. The molecule has 0 radical (unpaired) electrons. The third-order valence-corrected chi connectivity index (χ3v) is 4.63. The zero-order chi connectivity index (χ0) is 19.5. The summed E-state index contributed by atoms with van der Waals surface area (Å²) in [6.07, 6.45) is -23.7. The first kappa shape index (κ1) is 21.2. The van der Waals surface area contributed by atoms with Crippen molar-refractivity contribution in [2.24, 2.45) is 35.5 Å². The van der Waals surface area contributed by atoms with E-state index in [0.717, 1.165) is 0 Å². The Balaban J connectivity index is 3.68. The Morgan fingerprint density at radius 2 is 0.542 bits per heavy atom. The largest absolute Gasteiger partial charge is 0.393 e. The van der Waals surface area contributed by atoms with Crippen LogP contribution in [0.15, 0.2) is 0 Å². The summed E-state index contributed by atoms with van der Waals surface area (Å²) in [6, 6.07) is 0. The summed E-state index contributed by atoms with van der Waals surface area (Å²) >= 11 is 0. The van der Waals surface area contributed by atoms with E-state index in [9.17, 15) is 52.7 Å². The monoisotopic (exact) mass is 384 g/mol. The quantitative estimate of drug-likeness (QED) is 0.451. The smallest absolute Gasteiger partial charge is 0.171 e. The lowest BCUT2D eigenvalue weighted by molar-refractivity contribution is -0.364. The molecule has 0 saturated heterocycles. The minimum atomic E-state index is -6.10. The van der Waals surface area contributed by atoms with Crippen LogP contribution in [0.25, 0.3) is 0 Å². The van der Waals surface area contributed by atoms with Crippen LogP contribution in [0.5, 0.6) is 0 Å². The van der Waals surface area contributed by atoms with Crippen LogP contribution in [0.3, 0.4) is 0 Å². The normalized spacial score (nSPS) is 36.8. The van der Waals surface area contributed by atoms with E-state index in [0.29, 0.717) is 13.8 Å². The van der Waals surface area contributed by atoms with Gasteiger partial charge in [-0.15, -0.1) is 0 Å². The van der Waals surface area contributed by atoms with Crippen molar-refractivity contribution in [1.82, 2.24) is 0 Å². The molecule has 144 valence electrons. The zero-order valence-corrected chi connectivity index (χ0v) is 12.0. The van der Waals surface area contributed by atoms with E-state index in [1.165, 1.54) is 0 Å². The van der Waals surface area contributed by atoms with Crippen molar-refractivity contribution in [3.8, 4) is 0 Å². The Hall–Kier alpha value is -0.840. The van der Waals surface area contributed by atoms with E-state index < -0.39 is 60.2 Å². The van der Waals surface area contributed by atoms with Gasteiger partial charge in [0.2, 0.25) is 0 Å². The van der Waals surface area contributed by atoms with Crippen LogP contribution in [-0.4, -0.2) is 24.7 Å². The van der Waals surface area contributed by atoms with Crippen molar-refractivity contribution in [2.45, 2.75) is 38.6 Å². The van der Waals surface area contributed by atoms with Gasteiger partial charge in [-0.25, -0.2) is 0 Å². The topological polar surface area (TPSA) is 0 Å². The van der Waals surface area contributed by atoms with Crippen LogP contribution in [0, 0.1) is 35.5 Å². The van der Waals surface area contributed by atoms with Crippen molar-refractivity contribution in [2.75, 3.05) is 0 Å². The average molecular weight is 384 g/mol. The molecule has 0 N–H and O–H groups in total. The summed E-state index contributed by atoms with van der Waals surface area (Å²) in [5.41, 5.74) is 0. The van der Waals surface area contributed by atoms with E-state index >= 15 is 0 Å². The lowest BCUT2D eigenvalue weighted by Gasteiger charge is -2.51. The zero-order valence-electron chi connectivity index (χ0n) is 12.0. The van der Waals surface area contributed by atoms with Crippen molar-refractivity contribution in [3.05, 3.63) is 0 Å². The summed E-state index contributed by atoms with van der Waals surface area (Å²) in [6.45, 7) is 0.930. The van der Waals surface area contributed by atoms with Crippen molar-refractivity contribution >= 4 is 0 Å². The molecule has 1 rings (SSSR count). The third kappa shape index (κ3) is 3.87. The second-order valence-corrected chi connectivity index (χ2v) is 5.99. The summed E-state index contributed by atoms with van der Waals surface area (Å²) < 4.78 is 156. The minimum Gasteiger partial charge on any atom is -0.171 e. The van der Waals surface area contributed by atoms with Crippen molar-refractivity contribution in [1.29, 1.82) is 0 Å². The molecule has 24 heavy (non-hydrogen) atoms. The molecule has 1 fully saturated rings. The van der Waals surface area contributed by atoms with Crippen molar-refractivity contribution in [3.63, 3.8) is 0 Å². The van der Waals surface area contributed by atoms with E-state index in [1.54, 1.807) is 0 Å². The lowest BCUT2D eigenvalue weighted by atomic mass is 9.56. The fraction of sp³-hybridized carbons (Fsp3) is 1.00. The number of alkyl halides is 12. The van der Waals surface area contributed by atoms with Gasteiger partial charge in [0.05, 0.1) is 23.7 Å². The number of halogens is 12. The Kier molecular flexibility index (Phi) is 5.17. The molecule has 12 heteroatoms. The van der Waals surface area contributed by atoms with Gasteiger partial charge in [-0.1, -0.05) is 13.8 Å². The van der Waals surface area contributed by atoms with Crippen LogP contribution in [-0.2, 0) is 0 Å². The lowest BCUT2D eigenvalue weighted by Crippen LogP contribution is -2.61. The fourth-order valence-corrected chi connectivity index (χ4v) is 3.57. The molecule has 4 unspecified atom stereocenters. The van der Waals surface area contributed by atoms with Crippen LogP contribution in [0.2, 0.25) is 0 Å². The van der Waals surface area contributed by atoms with E-state index in [-0.39, 0.29) is 0 Å². The van der Waals surface area contributed by atoms with Gasteiger partial charge in [0, 0.05) is 0 Å². The summed E-state index contributed by atoms with van der Waals surface area (Å²) in [7, 11) is 0. The molecule has 1 aliphatic rings. The molecular weight excluding hydrogens is 372 g/mol. The van der Waals surface area contributed by atoms with Gasteiger partial charge in [-0.3, -0.25) is 0 Å². The maximum atomic E-state index is 13.0. The SMILES string of the molecule is C[C@@H]1C(C(F)(F)F)C(C(F)(F)F)C(C(F)(F)F)C(C(F)(F)F)[C@@H]1C. The number of hydrogen-bond donors (Lipinski definition) is 0. The van der Waals surface area contributed by atoms with Crippen LogP contribution >= 0.6 is 0 Å². The maximum Gasteiger partial charge on any atom is 0.393 e. The molecule has 0 aliphatic heterocycles. The van der Waals surface area contributed by atoms with Gasteiger partial charge >= 0.3 is 24.7 Å². The van der Waals surface area contributed by atoms with Gasteiger partial charge in [-0.05, 0) is 11.8 Å². The molecule has 0 aromatic carbocycles. The Morgan fingerprint density at radius 1 is 0.375 bits per heavy atom. The highest BCUT2D eigenvalue weighted by molar-refractivity contribution is 5.03. The molecule has 0 bridgehead atoms. The maximum absolute atomic E-state index is 13.0. The molecule has 0 aromatic heterocycles. The molecule has 0 heterocycles. The second-order valence-electron chi connectivity index (χ2n) is 5.99. The minimum absolute atomic E-state index is 0.465. The van der Waals surface area contributed by atoms with Crippen LogP contribution < -0.4 is 0 Å². The molecule has 6 atom stereocenters. The van der Waals surface area contributed by atoms with Crippen LogP contribution in [0.4, 0.5) is 52.7 Å². The predicted molar refractivity (Wildman–Crippen MR) is 56.5 cm³/mol. The number of rotatable bonds is 0. The second kappa shape index (κ2) is 5.86. The summed E-state index contributed by atoms with van der Waals surface area (Å²) in [5, 5.41) is 0. The predicted octanol–water partition coefficient (Wildman–Crippen LogP) is 5.99. The van der Waals surface area contributed by atoms with E-state index in [2.05, 4.69) is 0 Å². The molecule has 0 spiro atoms. The van der Waals surface area contributed by atoms with E-state index in [4.69, 9.17) is 0 Å². The molecule has 1 saturated carbocycles. The highest BCUT2D eigenvalue weighted by Crippen LogP contribution is 2.63. The van der Waals surface area contributed by atoms with Gasteiger partial charge < -0.3 is 0 Å². The molecule has 0 nitrogen and oxygen atoms in total. The Labute approximate surface area is 128 Å². The van der Waals surface area contributed by atoms with Gasteiger partial charge in [0.15, 0.2) is 0 Å². The Morgan fingerprint density at radius 3 is 0.667 bits per heavy atom. The first-order valence-corrected chi connectivity index (χ1v) is 6.58. The summed E-state index contributed by atoms with van der Waals surface area (Å²) in [4.78, 5) is 0. The van der Waals surface area contributed by atoms with Gasteiger partial charge in [-0.2, -0.15) is 52.7 Å². The van der Waals surface area contributed by atoms with E-state index in [1.807, 2.05) is 0 Å². The van der Waals surface area contributed by atoms with Crippen molar-refractivity contribution < 1.29 is 52.7 Å². The van der Waals surface area contributed by atoms with Crippen LogP contribution in [0.1, 0.15) is 13.8 Å². The Bertz CT molecular complexity index is 397. The summed E-state index contributed by atoms with van der Waals surface area (Å²) in [5.74, 6) is -20.1. The molecule has 1 aliphatic carbocycles. The fourth-order valence-electron chi connectivity index (χ4n) is 3.57. The molecule has 0 aromatic rings. The first-order valence-electron chi connectivity index (χ1n) is 6.58.